The first-order valence-electron chi connectivity index (χ1n) is 12.7. The van der Waals surface area contributed by atoms with E-state index in [1.54, 1.807) is 6.20 Å². The molecule has 0 saturated heterocycles. The van der Waals surface area contributed by atoms with Gasteiger partial charge >= 0.3 is 0 Å². The van der Waals surface area contributed by atoms with E-state index in [1.165, 1.54) is 16.0 Å². The van der Waals surface area contributed by atoms with E-state index >= 15 is 0 Å². The predicted octanol–water partition coefficient (Wildman–Crippen LogP) is 6.85. The molecule has 0 spiro atoms. The van der Waals surface area contributed by atoms with Gasteiger partial charge < -0.3 is 0 Å². The number of pyridine rings is 1. The number of hydrogen-bond acceptors (Lipinski definition) is 1. The molecule has 1 nitrogen and oxygen atoms in total. The van der Waals surface area contributed by atoms with E-state index in [9.17, 15) is 0 Å². The maximum absolute atomic E-state index is 6.89. The van der Waals surface area contributed by atoms with E-state index in [0.29, 0.717) is 5.56 Å². The van der Waals surface area contributed by atoms with Crippen LogP contribution in [0.25, 0.3) is 22.4 Å². The average molecular weight is 501 g/mol. The van der Waals surface area contributed by atoms with Crippen molar-refractivity contribution in [3.63, 3.8) is 0 Å². The molecular formula is C31H39B4NS. The zero-order valence-electron chi connectivity index (χ0n) is 24.4. The van der Waals surface area contributed by atoms with E-state index in [4.69, 9.17) is 36.4 Å². The summed E-state index contributed by atoms with van der Waals surface area (Å²) in [6.07, 6.45) is 8.76. The summed E-state index contributed by atoms with van der Waals surface area (Å²) in [5.41, 5.74) is 5.88. The van der Waals surface area contributed by atoms with Crippen LogP contribution < -0.4 is 0 Å². The molecular weight excluding hydrogens is 462 g/mol. The van der Waals surface area contributed by atoms with Crippen molar-refractivity contribution in [1.82, 2.24) is 4.98 Å². The molecule has 2 aromatic carbocycles. The molecule has 1 aromatic heterocycles. The van der Waals surface area contributed by atoms with Crippen molar-refractivity contribution < 1.29 is 0 Å². The van der Waals surface area contributed by atoms with Gasteiger partial charge in [-0.2, -0.15) is 0 Å². The molecule has 0 saturated carbocycles. The van der Waals surface area contributed by atoms with Crippen molar-refractivity contribution in [3.05, 3.63) is 71.4 Å². The normalized spacial score (nSPS) is 14.0. The maximum Gasteiger partial charge on any atom is 0.0707 e. The zero-order valence-corrected chi connectivity index (χ0v) is 25.2. The molecule has 0 aliphatic heterocycles. The maximum atomic E-state index is 6.89. The third kappa shape index (κ3) is 5.65. The summed E-state index contributed by atoms with van der Waals surface area (Å²) in [4.78, 5) is 6.28. The molecule has 0 aliphatic carbocycles. The molecule has 1 heterocycles. The van der Waals surface area contributed by atoms with Crippen LogP contribution in [0.15, 0.2) is 59.6 Å². The molecule has 0 atom stereocenters. The van der Waals surface area contributed by atoms with Crippen LogP contribution in [0.3, 0.4) is 0 Å². The number of aromatic nitrogens is 1. The summed E-state index contributed by atoms with van der Waals surface area (Å²) < 4.78 is 0. The SMILES string of the molecule is [B]C([B])(c1cnc(-c2cc(-c3ccccc3)c(S(C)(C)C)cc2C)cc1C([B])([B])C(C)(C)C)C(C)(C)C. The largest absolute Gasteiger partial charge is 0.256 e. The Hall–Kier alpha value is -1.80. The smallest absolute Gasteiger partial charge is 0.0707 e. The van der Waals surface area contributed by atoms with Crippen LogP contribution in [0.2, 0.25) is 0 Å². The minimum absolute atomic E-state index is 0.452. The molecule has 6 heteroatoms. The van der Waals surface area contributed by atoms with E-state index in [1.807, 2.05) is 53.7 Å². The standard InChI is InChI=1S/C31H39B4NS/c1-20-16-27(37(8,9)10)23(21-14-12-11-13-15-21)17-22(20)26-18-24(30(32,33)28(2,3)4)25(19-36-26)31(34,35)29(5,6)7/h11-19H,1-10H3. The van der Waals surface area contributed by atoms with Gasteiger partial charge in [-0.25, -0.2) is 10.0 Å². The molecule has 0 unspecified atom stereocenters. The van der Waals surface area contributed by atoms with Gasteiger partial charge in [0, 0.05) is 11.8 Å². The Morgan fingerprint density at radius 2 is 1.19 bits per heavy atom. The van der Waals surface area contributed by atoms with Crippen molar-refractivity contribution in [1.29, 1.82) is 0 Å². The van der Waals surface area contributed by atoms with Gasteiger partial charge in [0.2, 0.25) is 0 Å². The summed E-state index contributed by atoms with van der Waals surface area (Å²) in [5.74, 6) is 0. The summed E-state index contributed by atoms with van der Waals surface area (Å²) in [6.45, 7) is 14.3. The third-order valence-electron chi connectivity index (χ3n) is 7.62. The lowest BCUT2D eigenvalue weighted by atomic mass is 9.35. The number of hydrogen-bond donors (Lipinski definition) is 0. The Bertz CT molecular complexity index is 1280. The molecule has 37 heavy (non-hydrogen) atoms. The summed E-state index contributed by atoms with van der Waals surface area (Å²) in [6, 6.07) is 17.1. The van der Waals surface area contributed by atoms with Crippen LogP contribution >= 0.6 is 10.0 Å². The highest BCUT2D eigenvalue weighted by atomic mass is 32.3. The van der Waals surface area contributed by atoms with Gasteiger partial charge in [0.1, 0.15) is 0 Å². The Morgan fingerprint density at radius 1 is 0.676 bits per heavy atom. The monoisotopic (exact) mass is 501 g/mol. The Balaban J connectivity index is 2.37. The third-order valence-corrected chi connectivity index (χ3v) is 9.28. The zero-order chi connectivity index (χ0) is 28.2. The second kappa shape index (κ2) is 9.74. The van der Waals surface area contributed by atoms with E-state index in [0.717, 1.165) is 22.4 Å². The summed E-state index contributed by atoms with van der Waals surface area (Å²) in [7, 11) is 26.3. The van der Waals surface area contributed by atoms with E-state index in [2.05, 4.69) is 62.1 Å². The topological polar surface area (TPSA) is 12.9 Å². The van der Waals surface area contributed by atoms with Gasteiger partial charge in [0.15, 0.2) is 0 Å². The van der Waals surface area contributed by atoms with Crippen molar-refractivity contribution >= 4 is 41.4 Å². The van der Waals surface area contributed by atoms with Crippen LogP contribution in [0.1, 0.15) is 58.2 Å². The predicted molar refractivity (Wildman–Crippen MR) is 169 cm³/mol. The molecule has 0 aliphatic rings. The first-order valence-corrected chi connectivity index (χ1v) is 15.6. The lowest BCUT2D eigenvalue weighted by Crippen LogP contribution is -2.47. The highest BCUT2D eigenvalue weighted by Crippen LogP contribution is 2.52. The van der Waals surface area contributed by atoms with E-state index < -0.39 is 31.3 Å². The highest BCUT2D eigenvalue weighted by Gasteiger charge is 2.41. The van der Waals surface area contributed by atoms with Gasteiger partial charge in [-0.3, -0.25) is 4.98 Å². The van der Waals surface area contributed by atoms with Crippen molar-refractivity contribution in [2.24, 2.45) is 10.8 Å². The van der Waals surface area contributed by atoms with Crippen LogP contribution in [0, 0.1) is 17.8 Å². The number of aryl methyl sites for hydroxylation is 1. The lowest BCUT2D eigenvalue weighted by Gasteiger charge is -2.48. The van der Waals surface area contributed by atoms with Gasteiger partial charge in [-0.15, -0.1) is 0 Å². The fourth-order valence-electron chi connectivity index (χ4n) is 4.39. The Morgan fingerprint density at radius 3 is 1.68 bits per heavy atom. The van der Waals surface area contributed by atoms with Crippen LogP contribution in [-0.2, 0) is 10.4 Å². The first kappa shape index (κ1) is 29.8. The fraction of sp³-hybridized carbons (Fsp3) is 0.452. The molecule has 8 radical (unpaired) electrons. The van der Waals surface area contributed by atoms with Crippen LogP contribution in [-0.4, -0.2) is 55.1 Å². The molecule has 3 aromatic rings. The number of rotatable bonds is 5. The van der Waals surface area contributed by atoms with Gasteiger partial charge in [-0.05, 0) is 81.9 Å². The number of benzene rings is 2. The van der Waals surface area contributed by atoms with E-state index in [-0.39, 0.29) is 0 Å². The number of nitrogens with zero attached hydrogens (tertiary/aromatic N) is 1. The Labute approximate surface area is 233 Å². The molecule has 0 fully saturated rings. The minimum atomic E-state index is -1.19. The van der Waals surface area contributed by atoms with Crippen molar-refractivity contribution in [2.75, 3.05) is 18.8 Å². The quantitative estimate of drug-likeness (QED) is 0.349. The molecule has 3 rings (SSSR count). The molecule has 186 valence electrons. The van der Waals surface area contributed by atoms with Crippen LogP contribution in [0.4, 0.5) is 0 Å². The second-order valence-electron chi connectivity index (χ2n) is 13.2. The van der Waals surface area contributed by atoms with Gasteiger partial charge in [-0.1, -0.05) is 87.9 Å². The summed E-state index contributed by atoms with van der Waals surface area (Å²) >= 11 is 0. The van der Waals surface area contributed by atoms with Crippen molar-refractivity contribution in [2.45, 2.75) is 63.8 Å². The molecule has 0 amide bonds. The Kier molecular flexibility index (Phi) is 7.83. The average Bonchev–Trinajstić information content (AvgIpc) is 2.77. The molecule has 0 N–H and O–H groups in total. The fourth-order valence-corrected chi connectivity index (χ4v) is 5.76. The minimum Gasteiger partial charge on any atom is -0.256 e. The van der Waals surface area contributed by atoms with Crippen LogP contribution in [0.5, 0.6) is 0 Å². The van der Waals surface area contributed by atoms with Gasteiger partial charge in [0.25, 0.3) is 0 Å². The molecule has 0 bridgehead atoms. The van der Waals surface area contributed by atoms with Crippen molar-refractivity contribution in [3.8, 4) is 22.4 Å². The first-order chi connectivity index (χ1) is 16.7. The highest BCUT2D eigenvalue weighted by molar-refractivity contribution is 8.32. The summed E-state index contributed by atoms with van der Waals surface area (Å²) in [5, 5.41) is -2.38. The second-order valence-corrected chi connectivity index (χ2v) is 17.3. The van der Waals surface area contributed by atoms with Gasteiger partial charge in [0.05, 0.1) is 37.1 Å². The lowest BCUT2D eigenvalue weighted by molar-refractivity contribution is 0.335.